The van der Waals surface area contributed by atoms with E-state index in [1.807, 2.05) is 0 Å². The van der Waals surface area contributed by atoms with Crippen molar-refractivity contribution in [2.24, 2.45) is 7.05 Å². The number of rotatable bonds is 5. The van der Waals surface area contributed by atoms with Crippen LogP contribution in [-0.4, -0.2) is 21.2 Å². The number of hydrogen-bond acceptors (Lipinski definition) is 5. The Labute approximate surface area is 175 Å². The number of methoxy groups -OCH3 is 1. The first-order chi connectivity index (χ1) is 14.9. The van der Waals surface area contributed by atoms with Crippen molar-refractivity contribution in [3.05, 3.63) is 92.8 Å². The Hall–Kier alpha value is -4.01. The highest BCUT2D eigenvalue weighted by atomic mass is 19.1. The Morgan fingerprint density at radius 1 is 1.06 bits per heavy atom. The lowest BCUT2D eigenvalue weighted by Crippen LogP contribution is -2.19. The summed E-state index contributed by atoms with van der Waals surface area (Å²) < 4.78 is 35.3. The third kappa shape index (κ3) is 4.02. The maximum Gasteiger partial charge on any atom is 0.316 e. The highest BCUT2D eigenvalue weighted by Crippen LogP contribution is 2.24. The van der Waals surface area contributed by atoms with Crippen molar-refractivity contribution >= 4 is 22.4 Å². The summed E-state index contributed by atoms with van der Waals surface area (Å²) in [5.41, 5.74) is 0.102. The molecule has 0 fully saturated rings. The molecule has 2 heterocycles. The van der Waals surface area contributed by atoms with Gasteiger partial charge in [-0.15, -0.1) is 0 Å². The van der Waals surface area contributed by atoms with Crippen LogP contribution in [0, 0.1) is 11.6 Å². The van der Waals surface area contributed by atoms with Gasteiger partial charge in [-0.05, 0) is 35.9 Å². The molecule has 0 spiro atoms. The number of pyridine rings is 1. The predicted octanol–water partition coefficient (Wildman–Crippen LogP) is 3.17. The first-order valence-electron chi connectivity index (χ1n) is 9.31. The van der Waals surface area contributed by atoms with E-state index in [2.05, 4.69) is 10.3 Å². The minimum absolute atomic E-state index is 0.0192. The Morgan fingerprint density at radius 3 is 2.52 bits per heavy atom. The van der Waals surface area contributed by atoms with Crippen molar-refractivity contribution in [2.75, 3.05) is 12.4 Å². The largest absolute Gasteiger partial charge is 0.490 e. The van der Waals surface area contributed by atoms with E-state index in [0.29, 0.717) is 22.0 Å². The van der Waals surface area contributed by atoms with Gasteiger partial charge in [-0.1, -0.05) is 6.07 Å². The standard InChI is InChI=1S/C22H18F2N4O3/c1-27-7-6-16-17(21(27)30)4-3-5-18(16)25-22-26-20(29)19(31-2)12-28(22)11-13-8-14(23)10-15(24)9-13/h3-10,12H,11H2,1-2H3,(H,25,26,29). The van der Waals surface area contributed by atoms with E-state index in [1.165, 1.54) is 34.6 Å². The number of aromatic nitrogens is 3. The van der Waals surface area contributed by atoms with E-state index in [-0.39, 0.29) is 23.8 Å². The van der Waals surface area contributed by atoms with Gasteiger partial charge in [-0.3, -0.25) is 9.59 Å². The fraction of sp³-hybridized carbons (Fsp3) is 0.136. The monoisotopic (exact) mass is 424 g/mol. The summed E-state index contributed by atoms with van der Waals surface area (Å²) in [4.78, 5) is 28.7. The molecule has 9 heteroatoms. The summed E-state index contributed by atoms with van der Waals surface area (Å²) in [6.07, 6.45) is 3.05. The molecule has 158 valence electrons. The molecule has 1 N–H and O–H groups in total. The second kappa shape index (κ2) is 8.02. The number of halogens is 2. The first kappa shape index (κ1) is 20.3. The summed E-state index contributed by atoms with van der Waals surface area (Å²) in [7, 11) is 2.99. The molecule has 0 aliphatic carbocycles. The van der Waals surface area contributed by atoms with Crippen LogP contribution in [0.15, 0.2) is 64.4 Å². The molecule has 7 nitrogen and oxygen atoms in total. The van der Waals surface area contributed by atoms with Crippen LogP contribution in [-0.2, 0) is 13.6 Å². The molecule has 0 radical (unpaired) electrons. The number of hydrogen-bond donors (Lipinski definition) is 1. The minimum Gasteiger partial charge on any atom is -0.490 e. The molecule has 0 bridgehead atoms. The molecular formula is C22H18F2N4O3. The van der Waals surface area contributed by atoms with Crippen LogP contribution < -0.4 is 21.2 Å². The molecule has 4 aromatic rings. The van der Waals surface area contributed by atoms with Crippen molar-refractivity contribution in [2.45, 2.75) is 6.54 Å². The van der Waals surface area contributed by atoms with Crippen LogP contribution in [0.5, 0.6) is 5.75 Å². The molecule has 4 rings (SSSR count). The van der Waals surface area contributed by atoms with Crippen molar-refractivity contribution in [3.8, 4) is 5.75 Å². The summed E-state index contributed by atoms with van der Waals surface area (Å²) in [5, 5.41) is 4.19. The summed E-state index contributed by atoms with van der Waals surface area (Å²) in [6.45, 7) is 0.0210. The first-order valence-corrected chi connectivity index (χ1v) is 9.31. The van der Waals surface area contributed by atoms with Crippen molar-refractivity contribution in [3.63, 3.8) is 0 Å². The number of ether oxygens (including phenoxy) is 1. The average molecular weight is 424 g/mol. The molecule has 2 aromatic heterocycles. The number of benzene rings is 2. The number of anilines is 2. The summed E-state index contributed by atoms with van der Waals surface area (Å²) in [5.74, 6) is -1.32. The van der Waals surface area contributed by atoms with Gasteiger partial charge < -0.3 is 19.2 Å². The molecule has 0 unspecified atom stereocenters. The van der Waals surface area contributed by atoms with Crippen LogP contribution in [0.3, 0.4) is 0 Å². The molecular weight excluding hydrogens is 406 g/mol. The number of aryl methyl sites for hydroxylation is 1. The maximum atomic E-state index is 13.6. The third-order valence-corrected chi connectivity index (χ3v) is 4.83. The lowest BCUT2D eigenvalue weighted by molar-refractivity contribution is 0.402. The lowest BCUT2D eigenvalue weighted by Gasteiger charge is -2.16. The zero-order chi connectivity index (χ0) is 22.1. The van der Waals surface area contributed by atoms with E-state index < -0.39 is 17.2 Å². The zero-order valence-electron chi connectivity index (χ0n) is 16.7. The van der Waals surface area contributed by atoms with Gasteiger partial charge in [0.1, 0.15) is 11.6 Å². The van der Waals surface area contributed by atoms with Crippen molar-refractivity contribution in [1.82, 2.24) is 14.1 Å². The van der Waals surface area contributed by atoms with Gasteiger partial charge in [0.25, 0.3) is 5.56 Å². The fourth-order valence-corrected chi connectivity index (χ4v) is 3.34. The molecule has 2 aromatic carbocycles. The molecule has 0 amide bonds. The second-order valence-corrected chi connectivity index (χ2v) is 6.97. The van der Waals surface area contributed by atoms with Crippen LogP contribution in [0.25, 0.3) is 10.8 Å². The molecule has 0 aliphatic rings. The Kier molecular flexibility index (Phi) is 5.24. The van der Waals surface area contributed by atoms with Gasteiger partial charge in [0.2, 0.25) is 11.7 Å². The number of fused-ring (bicyclic) bond motifs is 1. The zero-order valence-corrected chi connectivity index (χ0v) is 16.7. The van der Waals surface area contributed by atoms with E-state index in [1.54, 1.807) is 37.5 Å². The SMILES string of the molecule is COc1cn(Cc2cc(F)cc(F)c2)c(Nc2cccc3c(=O)n(C)ccc23)nc1=O. The predicted molar refractivity (Wildman–Crippen MR) is 113 cm³/mol. The average Bonchev–Trinajstić information content (AvgIpc) is 2.72. The van der Waals surface area contributed by atoms with Gasteiger partial charge in [0.05, 0.1) is 19.9 Å². The van der Waals surface area contributed by atoms with Gasteiger partial charge >= 0.3 is 5.56 Å². The van der Waals surface area contributed by atoms with Crippen molar-refractivity contribution < 1.29 is 13.5 Å². The fourth-order valence-electron chi connectivity index (χ4n) is 3.34. The van der Waals surface area contributed by atoms with E-state index in [9.17, 15) is 18.4 Å². The summed E-state index contributed by atoms with van der Waals surface area (Å²) in [6, 6.07) is 10.1. The van der Waals surface area contributed by atoms with Gasteiger partial charge in [0.15, 0.2) is 0 Å². The Balaban J connectivity index is 1.82. The maximum absolute atomic E-state index is 13.6. The highest BCUT2D eigenvalue weighted by Gasteiger charge is 2.13. The van der Waals surface area contributed by atoms with E-state index in [4.69, 9.17) is 4.74 Å². The molecule has 0 saturated carbocycles. The van der Waals surface area contributed by atoms with Crippen molar-refractivity contribution in [1.29, 1.82) is 0 Å². The van der Waals surface area contributed by atoms with E-state index >= 15 is 0 Å². The molecule has 0 saturated heterocycles. The van der Waals surface area contributed by atoms with Crippen LogP contribution in [0.4, 0.5) is 20.4 Å². The third-order valence-electron chi connectivity index (χ3n) is 4.83. The number of nitrogens with one attached hydrogen (secondary N) is 1. The number of nitrogens with zero attached hydrogens (tertiary/aromatic N) is 3. The van der Waals surface area contributed by atoms with Gasteiger partial charge in [-0.2, -0.15) is 4.98 Å². The quantitative estimate of drug-likeness (QED) is 0.533. The van der Waals surface area contributed by atoms with E-state index in [0.717, 1.165) is 6.07 Å². The summed E-state index contributed by atoms with van der Waals surface area (Å²) >= 11 is 0. The normalized spacial score (nSPS) is 11.0. The molecule has 0 aliphatic heterocycles. The van der Waals surface area contributed by atoms with Crippen LogP contribution >= 0.6 is 0 Å². The minimum atomic E-state index is -0.713. The van der Waals surface area contributed by atoms with Crippen LogP contribution in [0.1, 0.15) is 5.56 Å². The topological polar surface area (TPSA) is 78.2 Å². The Bertz CT molecular complexity index is 1390. The lowest BCUT2D eigenvalue weighted by atomic mass is 10.1. The smallest absolute Gasteiger partial charge is 0.316 e. The molecule has 31 heavy (non-hydrogen) atoms. The van der Waals surface area contributed by atoms with Crippen LogP contribution in [0.2, 0.25) is 0 Å². The second-order valence-electron chi connectivity index (χ2n) is 6.97. The Morgan fingerprint density at radius 2 is 1.81 bits per heavy atom. The highest BCUT2D eigenvalue weighted by molar-refractivity contribution is 5.94. The van der Waals surface area contributed by atoms with Gasteiger partial charge in [-0.25, -0.2) is 8.78 Å². The molecule has 0 atom stereocenters. The van der Waals surface area contributed by atoms with Gasteiger partial charge in [0, 0.05) is 35.8 Å².